The molecule has 0 bridgehead atoms. The number of aryl methyl sites for hydroxylation is 1. The molecule has 0 aliphatic carbocycles. The maximum Gasteiger partial charge on any atom is 0.207 e. The van der Waals surface area contributed by atoms with Crippen molar-refractivity contribution in [3.8, 4) is 11.1 Å². The molecule has 0 amide bonds. The van der Waals surface area contributed by atoms with Gasteiger partial charge in [0.15, 0.2) is 0 Å². The van der Waals surface area contributed by atoms with E-state index in [1.807, 2.05) is 24.3 Å². The van der Waals surface area contributed by atoms with Gasteiger partial charge < -0.3 is 9.80 Å². The Hall–Kier alpha value is -3.05. The van der Waals surface area contributed by atoms with Crippen LogP contribution in [0.4, 0.5) is 5.69 Å². The Labute approximate surface area is 178 Å². The first-order valence-corrected chi connectivity index (χ1v) is 11.6. The molecule has 2 aliphatic rings. The van der Waals surface area contributed by atoms with E-state index >= 15 is 0 Å². The maximum atomic E-state index is 12.9. The van der Waals surface area contributed by atoms with Crippen molar-refractivity contribution < 1.29 is 8.42 Å². The van der Waals surface area contributed by atoms with E-state index in [2.05, 4.69) is 61.9 Å². The van der Waals surface area contributed by atoms with Crippen molar-refractivity contribution in [3.05, 3.63) is 83.6 Å². The predicted molar refractivity (Wildman–Crippen MR) is 121 cm³/mol. The lowest BCUT2D eigenvalue weighted by atomic mass is 10.0. The zero-order chi connectivity index (χ0) is 21.2. The molecule has 0 saturated heterocycles. The van der Waals surface area contributed by atoms with Crippen LogP contribution < -0.4 is 4.90 Å². The smallest absolute Gasteiger partial charge is 0.207 e. The van der Waals surface area contributed by atoms with Crippen molar-refractivity contribution in [1.29, 1.82) is 0 Å². The summed E-state index contributed by atoms with van der Waals surface area (Å²) in [6, 6.07) is 21.4. The van der Waals surface area contributed by atoms with Crippen molar-refractivity contribution in [2.75, 3.05) is 11.9 Å². The standard InChI is InChI=1S/C25H24N2O2S/c1-16-9-5-7-11-22(16)27-17(2)25(26(4)18(27)3)19-13-14-24-21(15-19)20-10-6-8-12-23(20)30(24,28)29/h5-15,18H,1-4H3. The van der Waals surface area contributed by atoms with Crippen LogP contribution in [0.5, 0.6) is 0 Å². The molecule has 0 radical (unpaired) electrons. The largest absolute Gasteiger partial charge is 0.352 e. The highest BCUT2D eigenvalue weighted by Gasteiger charge is 2.36. The Morgan fingerprint density at radius 1 is 0.833 bits per heavy atom. The van der Waals surface area contributed by atoms with Gasteiger partial charge in [-0.2, -0.15) is 0 Å². The van der Waals surface area contributed by atoms with Crippen LogP contribution in [0.15, 0.2) is 82.2 Å². The Balaban J connectivity index is 1.68. The summed E-state index contributed by atoms with van der Waals surface area (Å²) in [4.78, 5) is 5.41. The van der Waals surface area contributed by atoms with Gasteiger partial charge in [-0.15, -0.1) is 0 Å². The lowest BCUT2D eigenvalue weighted by Crippen LogP contribution is -2.35. The molecule has 0 fully saturated rings. The molecule has 1 atom stereocenters. The Kier molecular flexibility index (Phi) is 4.09. The molecule has 4 nitrogen and oxygen atoms in total. The van der Waals surface area contributed by atoms with Crippen LogP contribution in [0, 0.1) is 6.92 Å². The van der Waals surface area contributed by atoms with Crippen LogP contribution >= 0.6 is 0 Å². The van der Waals surface area contributed by atoms with Gasteiger partial charge in [-0.3, -0.25) is 0 Å². The van der Waals surface area contributed by atoms with Crippen molar-refractivity contribution in [2.45, 2.75) is 36.7 Å². The molecule has 2 heterocycles. The third-order valence-electron chi connectivity index (χ3n) is 6.38. The summed E-state index contributed by atoms with van der Waals surface area (Å²) in [5.41, 5.74) is 7.31. The summed E-state index contributed by atoms with van der Waals surface area (Å²) in [5.74, 6) is 0. The molecule has 0 aromatic heterocycles. The summed E-state index contributed by atoms with van der Waals surface area (Å²) < 4.78 is 25.9. The number of hydrogen-bond acceptors (Lipinski definition) is 4. The number of anilines is 1. The molecular formula is C25H24N2O2S. The molecular weight excluding hydrogens is 392 g/mol. The molecule has 0 saturated carbocycles. The van der Waals surface area contributed by atoms with Gasteiger partial charge in [-0.25, -0.2) is 8.42 Å². The summed E-state index contributed by atoms with van der Waals surface area (Å²) in [7, 11) is -1.35. The fourth-order valence-corrected chi connectivity index (χ4v) is 6.47. The van der Waals surface area contributed by atoms with Gasteiger partial charge in [-0.05, 0) is 50.6 Å². The van der Waals surface area contributed by atoms with E-state index in [1.54, 1.807) is 18.2 Å². The van der Waals surface area contributed by atoms with Crippen LogP contribution in [0.25, 0.3) is 16.8 Å². The lowest BCUT2D eigenvalue weighted by molar-refractivity contribution is 0.398. The SMILES string of the molecule is CC1=C(c2ccc3c(c2)-c2ccccc2S3(=O)=O)N(C)C(C)N1c1ccccc1C. The monoisotopic (exact) mass is 416 g/mol. The molecule has 0 N–H and O–H groups in total. The van der Waals surface area contributed by atoms with Gasteiger partial charge in [-0.1, -0.05) is 42.5 Å². The van der Waals surface area contributed by atoms with Crippen LogP contribution in [-0.4, -0.2) is 26.5 Å². The Morgan fingerprint density at radius 3 is 2.27 bits per heavy atom. The summed E-state index contributed by atoms with van der Waals surface area (Å²) in [6.07, 6.45) is 0.158. The van der Waals surface area contributed by atoms with Crippen molar-refractivity contribution >= 4 is 21.2 Å². The molecule has 5 heteroatoms. The fourth-order valence-electron chi connectivity index (χ4n) is 4.80. The molecule has 3 aromatic carbocycles. The maximum absolute atomic E-state index is 12.9. The first-order valence-electron chi connectivity index (χ1n) is 10.1. The summed E-state index contributed by atoms with van der Waals surface area (Å²) >= 11 is 0. The molecule has 0 spiro atoms. The highest BCUT2D eigenvalue weighted by atomic mass is 32.2. The molecule has 152 valence electrons. The van der Waals surface area contributed by atoms with E-state index in [0.29, 0.717) is 9.79 Å². The van der Waals surface area contributed by atoms with E-state index in [0.717, 1.165) is 28.1 Å². The number of benzene rings is 3. The van der Waals surface area contributed by atoms with Gasteiger partial charge in [0.2, 0.25) is 9.84 Å². The number of nitrogens with zero attached hydrogens (tertiary/aromatic N) is 2. The highest BCUT2D eigenvalue weighted by Crippen LogP contribution is 2.46. The van der Waals surface area contributed by atoms with Crippen LogP contribution in [0.3, 0.4) is 0 Å². The molecule has 3 aromatic rings. The van der Waals surface area contributed by atoms with Crippen molar-refractivity contribution in [3.63, 3.8) is 0 Å². The van der Waals surface area contributed by atoms with Crippen LogP contribution in [0.2, 0.25) is 0 Å². The van der Waals surface area contributed by atoms with Gasteiger partial charge in [0.05, 0.1) is 15.5 Å². The van der Waals surface area contributed by atoms with E-state index in [9.17, 15) is 8.42 Å². The van der Waals surface area contributed by atoms with Gasteiger partial charge in [0.25, 0.3) is 0 Å². The minimum atomic E-state index is -3.44. The number of fused-ring (bicyclic) bond motifs is 3. The molecule has 5 rings (SSSR count). The van der Waals surface area contributed by atoms with Gasteiger partial charge in [0, 0.05) is 35.1 Å². The lowest BCUT2D eigenvalue weighted by Gasteiger charge is -2.30. The second-order valence-corrected chi connectivity index (χ2v) is 9.93. The Bertz CT molecular complexity index is 1320. The minimum Gasteiger partial charge on any atom is -0.352 e. The second kappa shape index (κ2) is 6.47. The number of hydrogen-bond donors (Lipinski definition) is 0. The highest BCUT2D eigenvalue weighted by molar-refractivity contribution is 7.92. The normalized spacial score (nSPS) is 19.3. The molecule has 30 heavy (non-hydrogen) atoms. The summed E-state index contributed by atoms with van der Waals surface area (Å²) in [5, 5.41) is 0. The average molecular weight is 417 g/mol. The van der Waals surface area contributed by atoms with E-state index in [-0.39, 0.29) is 6.17 Å². The second-order valence-electron chi connectivity index (χ2n) is 8.04. The zero-order valence-corrected chi connectivity index (χ0v) is 18.4. The quantitative estimate of drug-likeness (QED) is 0.445. The zero-order valence-electron chi connectivity index (χ0n) is 17.5. The number of sulfone groups is 1. The van der Waals surface area contributed by atoms with E-state index in [4.69, 9.17) is 0 Å². The number of allylic oxidation sites excluding steroid dienone is 1. The first kappa shape index (κ1) is 18.9. The van der Waals surface area contributed by atoms with E-state index < -0.39 is 9.84 Å². The van der Waals surface area contributed by atoms with Gasteiger partial charge >= 0.3 is 0 Å². The Morgan fingerprint density at radius 2 is 1.50 bits per heavy atom. The van der Waals surface area contributed by atoms with Gasteiger partial charge in [0.1, 0.15) is 6.17 Å². The van der Waals surface area contributed by atoms with Crippen LogP contribution in [-0.2, 0) is 9.84 Å². The van der Waals surface area contributed by atoms with Crippen molar-refractivity contribution in [2.24, 2.45) is 0 Å². The third kappa shape index (κ3) is 2.48. The topological polar surface area (TPSA) is 40.6 Å². The predicted octanol–water partition coefficient (Wildman–Crippen LogP) is 5.29. The minimum absolute atomic E-state index is 0.158. The average Bonchev–Trinajstić information content (AvgIpc) is 3.10. The summed E-state index contributed by atoms with van der Waals surface area (Å²) in [6.45, 7) is 6.46. The molecule has 2 aliphatic heterocycles. The third-order valence-corrected chi connectivity index (χ3v) is 8.25. The number of para-hydroxylation sites is 1. The molecule has 1 unspecified atom stereocenters. The number of rotatable bonds is 2. The first-order chi connectivity index (χ1) is 14.3. The van der Waals surface area contributed by atoms with Crippen molar-refractivity contribution in [1.82, 2.24) is 4.90 Å². The van der Waals surface area contributed by atoms with Crippen LogP contribution in [0.1, 0.15) is 25.0 Å². The fraction of sp³-hybridized carbons (Fsp3) is 0.200. The van der Waals surface area contributed by atoms with E-state index in [1.165, 1.54) is 11.3 Å².